The lowest BCUT2D eigenvalue weighted by molar-refractivity contribution is 0.856. The van der Waals surface area contributed by atoms with Crippen LogP contribution in [0.4, 0.5) is 28.7 Å². The summed E-state index contributed by atoms with van der Waals surface area (Å²) in [5.41, 5.74) is 25.1. The first-order valence-corrected chi connectivity index (χ1v) is 6.14. The number of pyridine rings is 1. The van der Waals surface area contributed by atoms with Crippen LogP contribution < -0.4 is 33.8 Å². The van der Waals surface area contributed by atoms with Crippen molar-refractivity contribution in [3.05, 3.63) is 34.9 Å². The predicted octanol–water partition coefficient (Wildman–Crippen LogP) is 0.944. The van der Waals surface area contributed by atoms with Gasteiger partial charge in [-0.3, -0.25) is 0 Å². The fourth-order valence-electron chi connectivity index (χ4n) is 1.83. The number of benzene rings is 1. The Morgan fingerprint density at radius 3 is 2.50 bits per heavy atom. The molecule has 2 aromatic rings. The zero-order valence-corrected chi connectivity index (χ0v) is 11.4. The largest absolute Gasteiger partial charge is 0.396 e. The van der Waals surface area contributed by atoms with E-state index in [1.54, 1.807) is 24.3 Å². The smallest absolute Gasteiger partial charge is 0.149 e. The summed E-state index contributed by atoms with van der Waals surface area (Å²) in [5, 5.41) is 1.85. The summed E-state index contributed by atoms with van der Waals surface area (Å²) in [7, 11) is 0. The van der Waals surface area contributed by atoms with Crippen molar-refractivity contribution in [2.24, 2.45) is 5.84 Å². The SMILES string of the molecule is Nc1cc(CN(N)c2cccc(Cl)c2N)c(N)c(N)n1. The lowest BCUT2D eigenvalue weighted by atomic mass is 10.2. The predicted molar refractivity (Wildman–Crippen MR) is 83.7 cm³/mol. The maximum Gasteiger partial charge on any atom is 0.149 e. The Bertz CT molecular complexity index is 644. The van der Waals surface area contributed by atoms with Crippen molar-refractivity contribution in [3.63, 3.8) is 0 Å². The lowest BCUT2D eigenvalue weighted by Gasteiger charge is -2.22. The van der Waals surface area contributed by atoms with Crippen LogP contribution in [0.15, 0.2) is 24.3 Å². The van der Waals surface area contributed by atoms with E-state index in [1.165, 1.54) is 5.01 Å². The van der Waals surface area contributed by atoms with Crippen molar-refractivity contribution < 1.29 is 0 Å². The van der Waals surface area contributed by atoms with Crippen LogP contribution in [0.2, 0.25) is 5.02 Å². The van der Waals surface area contributed by atoms with Crippen LogP contribution in [-0.2, 0) is 6.54 Å². The first kappa shape index (κ1) is 14.0. The molecule has 0 spiro atoms. The highest BCUT2D eigenvalue weighted by Gasteiger charge is 2.13. The van der Waals surface area contributed by atoms with Gasteiger partial charge >= 0.3 is 0 Å². The Hall–Kier alpha value is -2.38. The molecule has 0 amide bonds. The zero-order valence-electron chi connectivity index (χ0n) is 10.7. The highest BCUT2D eigenvalue weighted by Crippen LogP contribution is 2.30. The van der Waals surface area contributed by atoms with Gasteiger partial charge in [0.1, 0.15) is 11.6 Å². The average molecular weight is 294 g/mol. The third kappa shape index (κ3) is 2.63. The molecule has 20 heavy (non-hydrogen) atoms. The van der Waals surface area contributed by atoms with Gasteiger partial charge in [-0.05, 0) is 18.2 Å². The van der Waals surface area contributed by atoms with E-state index in [9.17, 15) is 0 Å². The van der Waals surface area contributed by atoms with E-state index in [0.29, 0.717) is 27.6 Å². The minimum Gasteiger partial charge on any atom is -0.396 e. The van der Waals surface area contributed by atoms with Crippen LogP contribution in [0.3, 0.4) is 0 Å². The fraction of sp³-hybridized carbons (Fsp3) is 0.0833. The third-order valence-corrected chi connectivity index (χ3v) is 3.20. The zero-order chi connectivity index (χ0) is 14.9. The minimum absolute atomic E-state index is 0.174. The van der Waals surface area contributed by atoms with Gasteiger partial charge in [-0.1, -0.05) is 17.7 Å². The van der Waals surface area contributed by atoms with Gasteiger partial charge in [-0.25, -0.2) is 10.8 Å². The number of rotatable bonds is 3. The van der Waals surface area contributed by atoms with Crippen LogP contribution in [0, 0.1) is 0 Å². The molecule has 0 unspecified atom stereocenters. The number of halogens is 1. The molecule has 0 fully saturated rings. The highest BCUT2D eigenvalue weighted by molar-refractivity contribution is 6.33. The molecular formula is C12H16ClN7. The molecule has 0 aliphatic carbocycles. The molecule has 0 aliphatic heterocycles. The summed E-state index contributed by atoms with van der Waals surface area (Å²) >= 11 is 5.96. The van der Waals surface area contributed by atoms with Gasteiger partial charge in [-0.2, -0.15) is 0 Å². The number of hydrogen-bond acceptors (Lipinski definition) is 7. The summed E-state index contributed by atoms with van der Waals surface area (Å²) in [5.74, 6) is 6.45. The van der Waals surface area contributed by atoms with E-state index in [4.69, 9.17) is 40.4 Å². The number of aromatic nitrogens is 1. The summed E-state index contributed by atoms with van der Waals surface area (Å²) < 4.78 is 0. The Morgan fingerprint density at radius 2 is 1.80 bits per heavy atom. The van der Waals surface area contributed by atoms with Gasteiger partial charge in [0.15, 0.2) is 0 Å². The second-order valence-electron chi connectivity index (χ2n) is 4.31. The number of para-hydroxylation sites is 1. The van der Waals surface area contributed by atoms with Crippen molar-refractivity contribution in [1.29, 1.82) is 0 Å². The van der Waals surface area contributed by atoms with Crippen LogP contribution in [-0.4, -0.2) is 4.98 Å². The molecule has 0 bridgehead atoms. The van der Waals surface area contributed by atoms with E-state index in [0.717, 1.165) is 0 Å². The second kappa shape index (κ2) is 5.32. The van der Waals surface area contributed by atoms with Gasteiger partial charge in [0, 0.05) is 5.56 Å². The summed E-state index contributed by atoms with van der Waals surface area (Å²) in [6.45, 7) is 0.271. The van der Waals surface area contributed by atoms with Gasteiger partial charge < -0.3 is 27.9 Å². The number of anilines is 5. The molecule has 1 aromatic heterocycles. The van der Waals surface area contributed by atoms with Crippen molar-refractivity contribution in [1.82, 2.24) is 4.98 Å². The van der Waals surface area contributed by atoms with Crippen LogP contribution in [0.5, 0.6) is 0 Å². The van der Waals surface area contributed by atoms with E-state index in [-0.39, 0.29) is 18.2 Å². The Balaban J connectivity index is 2.33. The first-order chi connectivity index (χ1) is 9.40. The molecule has 8 heteroatoms. The Kier molecular flexibility index (Phi) is 3.73. The molecule has 0 radical (unpaired) electrons. The first-order valence-electron chi connectivity index (χ1n) is 5.76. The van der Waals surface area contributed by atoms with Gasteiger partial charge in [0.25, 0.3) is 0 Å². The molecule has 106 valence electrons. The number of nitrogens with two attached hydrogens (primary N) is 5. The summed E-state index contributed by atoms with van der Waals surface area (Å²) in [4.78, 5) is 3.87. The van der Waals surface area contributed by atoms with Crippen molar-refractivity contribution >= 4 is 40.3 Å². The number of hydrazine groups is 1. The third-order valence-electron chi connectivity index (χ3n) is 2.87. The monoisotopic (exact) mass is 293 g/mol. The van der Waals surface area contributed by atoms with Crippen LogP contribution in [0.25, 0.3) is 0 Å². The van der Waals surface area contributed by atoms with Gasteiger partial charge in [-0.15, -0.1) is 0 Å². The van der Waals surface area contributed by atoms with E-state index < -0.39 is 0 Å². The minimum atomic E-state index is 0.174. The van der Waals surface area contributed by atoms with Crippen LogP contribution >= 0.6 is 11.6 Å². The average Bonchev–Trinajstić information content (AvgIpc) is 2.38. The van der Waals surface area contributed by atoms with Crippen LogP contribution in [0.1, 0.15) is 5.56 Å². The maximum atomic E-state index is 6.00. The van der Waals surface area contributed by atoms with Crippen molar-refractivity contribution in [3.8, 4) is 0 Å². The lowest BCUT2D eigenvalue weighted by Crippen LogP contribution is -2.31. The standard InChI is InChI=1S/C12H16ClN7/c13-7-2-1-3-8(11(7)16)20(18)5-6-4-9(14)19-12(17)10(6)15/h1-4H,5,15-16,18H2,(H4,14,17,19). The maximum absolute atomic E-state index is 6.00. The molecule has 0 saturated heterocycles. The fourth-order valence-corrected chi connectivity index (χ4v) is 2.00. The normalized spacial score (nSPS) is 10.5. The molecule has 10 N–H and O–H groups in total. The quantitative estimate of drug-likeness (QED) is 0.321. The van der Waals surface area contributed by atoms with Crippen molar-refractivity contribution in [2.45, 2.75) is 6.54 Å². The molecular weight excluding hydrogens is 278 g/mol. The van der Waals surface area contributed by atoms with Gasteiger partial charge in [0.2, 0.25) is 0 Å². The Morgan fingerprint density at radius 1 is 1.10 bits per heavy atom. The molecule has 2 rings (SSSR count). The molecule has 1 heterocycles. The molecule has 0 aliphatic rings. The number of hydrogen-bond donors (Lipinski definition) is 5. The summed E-state index contributed by atoms with van der Waals surface area (Å²) in [6.07, 6.45) is 0. The molecule has 1 aromatic carbocycles. The molecule has 0 atom stereocenters. The van der Waals surface area contributed by atoms with E-state index in [1.807, 2.05) is 0 Å². The van der Waals surface area contributed by atoms with E-state index in [2.05, 4.69) is 4.98 Å². The topological polar surface area (TPSA) is 146 Å². The Labute approximate surface area is 121 Å². The molecule has 0 saturated carbocycles. The number of nitrogen functional groups attached to an aromatic ring is 4. The highest BCUT2D eigenvalue weighted by atomic mass is 35.5. The van der Waals surface area contributed by atoms with Gasteiger partial charge in [0.05, 0.1) is 28.6 Å². The van der Waals surface area contributed by atoms with Crippen molar-refractivity contribution in [2.75, 3.05) is 27.9 Å². The second-order valence-corrected chi connectivity index (χ2v) is 4.71. The van der Waals surface area contributed by atoms with E-state index >= 15 is 0 Å². The molecule has 7 nitrogen and oxygen atoms in total. The summed E-state index contributed by atoms with van der Waals surface area (Å²) in [6, 6.07) is 6.81. The number of nitrogens with zero attached hydrogens (tertiary/aromatic N) is 2.